The summed E-state index contributed by atoms with van der Waals surface area (Å²) in [4.78, 5) is 11.8. The van der Waals surface area contributed by atoms with Gasteiger partial charge in [-0.25, -0.2) is 0 Å². The predicted octanol–water partition coefficient (Wildman–Crippen LogP) is -2.13. The zero-order chi connectivity index (χ0) is 15.4. The maximum Gasteiger partial charge on any atom is 0.326 e. The number of carbonyl (C=O) groups excluding carboxylic acids is 1. The minimum absolute atomic E-state index is 0.106. The lowest BCUT2D eigenvalue weighted by atomic mass is 9.93. The number of aromatic amines is 1. The highest BCUT2D eigenvalue weighted by molar-refractivity contribution is 5.77. The van der Waals surface area contributed by atoms with Crippen LogP contribution in [0.15, 0.2) is 6.20 Å². The minimum atomic E-state index is -1.75. The lowest BCUT2D eigenvalue weighted by Crippen LogP contribution is -2.50. The average Bonchev–Trinajstić information content (AvgIpc) is 2.98. The first-order chi connectivity index (χ1) is 9.27. The van der Waals surface area contributed by atoms with E-state index in [4.69, 9.17) is 20.7 Å². The number of rotatable bonds is 7. The van der Waals surface area contributed by atoms with Crippen LogP contribution in [0.4, 0.5) is 0 Å². The van der Waals surface area contributed by atoms with Crippen molar-refractivity contribution in [1.29, 1.82) is 0 Å². The highest BCUT2D eigenvalue weighted by Crippen LogP contribution is 2.22. The minimum Gasteiger partial charge on any atom is -0.464 e. The molecule has 1 aromatic heterocycles. The lowest BCUT2D eigenvalue weighted by Gasteiger charge is -2.29. The van der Waals surface area contributed by atoms with E-state index in [0.29, 0.717) is 0 Å². The molecule has 0 bridgehead atoms. The van der Waals surface area contributed by atoms with E-state index >= 15 is 0 Å². The summed E-state index contributed by atoms with van der Waals surface area (Å²) < 4.78 is 4.93. The van der Waals surface area contributed by atoms with Gasteiger partial charge in [-0.15, -0.1) is 5.10 Å². The Morgan fingerprint density at radius 2 is 2.10 bits per heavy atom. The lowest BCUT2D eigenvalue weighted by molar-refractivity contribution is -0.157. The Balaban J connectivity index is 2.68. The monoisotopic (exact) mass is 288 g/mol. The molecule has 0 aromatic carbocycles. The van der Waals surface area contributed by atoms with Crippen LogP contribution in [0.5, 0.6) is 0 Å². The van der Waals surface area contributed by atoms with Crippen molar-refractivity contribution < 1.29 is 24.9 Å². The van der Waals surface area contributed by atoms with Gasteiger partial charge < -0.3 is 25.8 Å². The Labute approximate surface area is 115 Å². The molecule has 0 aliphatic carbocycles. The smallest absolute Gasteiger partial charge is 0.326 e. The fourth-order valence-corrected chi connectivity index (χ4v) is 1.31. The first kappa shape index (κ1) is 16.5. The average molecular weight is 288 g/mol. The van der Waals surface area contributed by atoms with Crippen LogP contribution >= 0.6 is 0 Å². The van der Waals surface area contributed by atoms with Crippen molar-refractivity contribution in [2.24, 2.45) is 11.1 Å². The number of hydrogen-bond donors (Lipinski definition) is 5. The number of aromatic nitrogens is 3. The van der Waals surface area contributed by atoms with Gasteiger partial charge in [-0.3, -0.25) is 9.89 Å². The molecule has 9 nitrogen and oxygen atoms in total. The van der Waals surface area contributed by atoms with Crippen LogP contribution in [0.1, 0.15) is 19.5 Å². The molecule has 0 radical (unpaired) electrons. The second kappa shape index (κ2) is 6.27. The number of aliphatic hydroxyl groups excluding tert-OH is 2. The molecule has 2 atom stereocenters. The molecule has 20 heavy (non-hydrogen) atoms. The van der Waals surface area contributed by atoms with E-state index in [2.05, 4.69) is 15.4 Å². The van der Waals surface area contributed by atoms with Gasteiger partial charge in [0.25, 0.3) is 0 Å². The van der Waals surface area contributed by atoms with Crippen LogP contribution in [0, 0.1) is 5.41 Å². The van der Waals surface area contributed by atoms with Gasteiger partial charge in [-0.1, -0.05) is 12.1 Å². The summed E-state index contributed by atoms with van der Waals surface area (Å²) in [5, 5.41) is 37.8. The van der Waals surface area contributed by atoms with E-state index in [1.54, 1.807) is 6.92 Å². The Kier molecular flexibility index (Phi) is 5.17. The van der Waals surface area contributed by atoms with Gasteiger partial charge in [-0.05, 0) is 6.92 Å². The van der Waals surface area contributed by atoms with Crippen molar-refractivity contribution in [3.63, 3.8) is 0 Å². The van der Waals surface area contributed by atoms with Crippen molar-refractivity contribution in [2.75, 3.05) is 19.8 Å². The second-order valence-electron chi connectivity index (χ2n) is 5.22. The van der Waals surface area contributed by atoms with Crippen LogP contribution in [0.3, 0.4) is 0 Å². The number of nitrogens with two attached hydrogens (primary N) is 1. The molecule has 1 heterocycles. The van der Waals surface area contributed by atoms with Crippen molar-refractivity contribution in [1.82, 2.24) is 15.4 Å². The maximum absolute atomic E-state index is 11.8. The molecule has 0 aliphatic rings. The number of aliphatic hydroxyl groups is 3. The number of hydrogen-bond acceptors (Lipinski definition) is 8. The van der Waals surface area contributed by atoms with Gasteiger partial charge in [0.2, 0.25) is 0 Å². The topological polar surface area (TPSA) is 155 Å². The summed E-state index contributed by atoms with van der Waals surface area (Å²) in [5.41, 5.74) is 3.06. The van der Waals surface area contributed by atoms with Crippen LogP contribution in [0.2, 0.25) is 0 Å². The van der Waals surface area contributed by atoms with E-state index in [-0.39, 0.29) is 25.5 Å². The summed E-state index contributed by atoms with van der Waals surface area (Å²) >= 11 is 0. The zero-order valence-electron chi connectivity index (χ0n) is 11.4. The molecule has 0 aliphatic heterocycles. The van der Waals surface area contributed by atoms with Gasteiger partial charge in [0.1, 0.15) is 23.9 Å². The van der Waals surface area contributed by atoms with Crippen LogP contribution in [-0.4, -0.2) is 62.6 Å². The van der Waals surface area contributed by atoms with Crippen molar-refractivity contribution in [3.05, 3.63) is 11.9 Å². The number of esters is 1. The molecule has 1 aromatic rings. The molecule has 114 valence electrons. The van der Waals surface area contributed by atoms with Crippen molar-refractivity contribution >= 4 is 5.97 Å². The molecule has 0 spiro atoms. The summed E-state index contributed by atoms with van der Waals surface area (Å²) in [7, 11) is 0. The Morgan fingerprint density at radius 1 is 1.50 bits per heavy atom. The van der Waals surface area contributed by atoms with Crippen molar-refractivity contribution in [2.45, 2.75) is 25.5 Å². The quantitative estimate of drug-likeness (QED) is 0.356. The molecule has 9 heteroatoms. The van der Waals surface area contributed by atoms with E-state index in [0.717, 1.165) is 0 Å². The van der Waals surface area contributed by atoms with Crippen LogP contribution in [0.25, 0.3) is 0 Å². The summed E-state index contributed by atoms with van der Waals surface area (Å²) in [6, 6.07) is -1.38. The third kappa shape index (κ3) is 3.51. The molecule has 6 N–H and O–H groups in total. The van der Waals surface area contributed by atoms with Crippen LogP contribution < -0.4 is 5.73 Å². The number of carbonyl (C=O) groups is 1. The first-order valence-corrected chi connectivity index (χ1v) is 6.00. The summed E-state index contributed by atoms with van der Waals surface area (Å²) in [6.07, 6.45) is 1.32. The molecule has 0 saturated heterocycles. The Bertz CT molecular complexity index is 430. The predicted molar refractivity (Wildman–Crippen MR) is 67.2 cm³/mol. The van der Waals surface area contributed by atoms with Crippen LogP contribution in [-0.2, 0) is 15.1 Å². The SMILES string of the molecule is CC(CO)(CO)COC(=O)[C@@H](N)[C@@](C)(O)c1c[nH]nn1. The molecular weight excluding hydrogens is 268 g/mol. The summed E-state index contributed by atoms with van der Waals surface area (Å²) in [5.74, 6) is -0.869. The normalized spacial score (nSPS) is 16.5. The number of nitrogens with one attached hydrogen (secondary N) is 1. The van der Waals surface area contributed by atoms with E-state index in [1.807, 2.05) is 0 Å². The van der Waals surface area contributed by atoms with Crippen molar-refractivity contribution in [3.8, 4) is 0 Å². The molecule has 0 amide bonds. The van der Waals surface area contributed by atoms with Gasteiger partial charge in [0.05, 0.1) is 13.2 Å². The Hall–Kier alpha value is -1.55. The molecule has 1 rings (SSSR count). The maximum atomic E-state index is 11.8. The van der Waals surface area contributed by atoms with E-state index < -0.39 is 23.0 Å². The molecule has 0 fully saturated rings. The molecule has 0 unspecified atom stereocenters. The largest absolute Gasteiger partial charge is 0.464 e. The third-order valence-corrected chi connectivity index (χ3v) is 3.12. The highest BCUT2D eigenvalue weighted by Gasteiger charge is 2.40. The van der Waals surface area contributed by atoms with Gasteiger partial charge in [0, 0.05) is 11.6 Å². The fraction of sp³-hybridized carbons (Fsp3) is 0.727. The van der Waals surface area contributed by atoms with Gasteiger partial charge in [-0.2, -0.15) is 0 Å². The number of H-pyrrole nitrogens is 1. The standard InChI is InChI=1S/C11H20N4O5/c1-10(4-16,5-17)6-20-9(18)8(12)11(2,19)7-3-13-15-14-7/h3,8,16-17,19H,4-6,12H2,1-2H3,(H,13,14,15)/t8-,11+/m1/s1. The Morgan fingerprint density at radius 3 is 2.55 bits per heavy atom. The third-order valence-electron chi connectivity index (χ3n) is 3.12. The van der Waals surface area contributed by atoms with E-state index in [9.17, 15) is 9.90 Å². The van der Waals surface area contributed by atoms with Gasteiger partial charge in [0.15, 0.2) is 0 Å². The molecular formula is C11H20N4O5. The zero-order valence-corrected chi connectivity index (χ0v) is 11.4. The highest BCUT2D eigenvalue weighted by atomic mass is 16.5. The number of ether oxygens (including phenoxy) is 1. The second-order valence-corrected chi connectivity index (χ2v) is 5.22. The first-order valence-electron chi connectivity index (χ1n) is 6.00. The number of nitrogens with zero attached hydrogens (tertiary/aromatic N) is 2. The van der Waals surface area contributed by atoms with Gasteiger partial charge >= 0.3 is 5.97 Å². The van der Waals surface area contributed by atoms with E-state index in [1.165, 1.54) is 13.1 Å². The summed E-state index contributed by atoms with van der Waals surface area (Å²) in [6.45, 7) is 1.93. The fourth-order valence-electron chi connectivity index (χ4n) is 1.31. The molecule has 0 saturated carbocycles.